The molecule has 0 aromatic heterocycles. The lowest BCUT2D eigenvalue weighted by Crippen LogP contribution is -2.57. The monoisotopic (exact) mass is 146 g/mol. The zero-order valence-electron chi connectivity index (χ0n) is 5.46. The van der Waals surface area contributed by atoms with E-state index in [2.05, 4.69) is 5.32 Å². The Bertz CT molecular complexity index is 144. The van der Waals surface area contributed by atoms with Crippen molar-refractivity contribution in [2.45, 2.75) is 5.60 Å². The van der Waals surface area contributed by atoms with Crippen LogP contribution in [-0.4, -0.2) is 36.5 Å². The van der Waals surface area contributed by atoms with Gasteiger partial charge in [0.2, 0.25) is 0 Å². The van der Waals surface area contributed by atoms with Crippen LogP contribution < -0.4 is 11.1 Å². The second kappa shape index (κ2) is 2.43. The van der Waals surface area contributed by atoms with Crippen molar-refractivity contribution in [3.63, 3.8) is 0 Å². The lowest BCUT2D eigenvalue weighted by atomic mass is 10.0. The highest BCUT2D eigenvalue weighted by atomic mass is 16.5. The Hall–Kier alpha value is -0.810. The second-order valence-corrected chi connectivity index (χ2v) is 2.43. The third kappa shape index (κ3) is 1.58. The fraction of sp³-hybridized carbons (Fsp3) is 0.800. The zero-order valence-corrected chi connectivity index (χ0v) is 5.46. The minimum absolute atomic E-state index is 0.169. The molecule has 1 heterocycles. The van der Waals surface area contributed by atoms with Gasteiger partial charge in [-0.05, 0) is 0 Å². The number of nitrogens with two attached hydrogens (primary N) is 1. The molecule has 58 valence electrons. The number of rotatable bonds is 2. The van der Waals surface area contributed by atoms with Gasteiger partial charge in [0.05, 0.1) is 19.8 Å². The average molecular weight is 146 g/mol. The van der Waals surface area contributed by atoms with Crippen LogP contribution in [0.4, 0.5) is 4.79 Å². The third-order valence-corrected chi connectivity index (χ3v) is 1.33. The molecule has 5 nitrogen and oxygen atoms in total. The van der Waals surface area contributed by atoms with E-state index in [-0.39, 0.29) is 19.8 Å². The average Bonchev–Trinajstić information content (AvgIpc) is 1.79. The van der Waals surface area contributed by atoms with Gasteiger partial charge < -0.3 is 20.9 Å². The van der Waals surface area contributed by atoms with Gasteiger partial charge in [0.1, 0.15) is 5.60 Å². The fourth-order valence-electron chi connectivity index (χ4n) is 0.691. The second-order valence-electron chi connectivity index (χ2n) is 2.43. The summed E-state index contributed by atoms with van der Waals surface area (Å²) in [5, 5.41) is 11.6. The highest BCUT2D eigenvalue weighted by molar-refractivity contribution is 5.71. The summed E-state index contributed by atoms with van der Waals surface area (Å²) in [5.41, 5.74) is 3.90. The molecule has 5 heteroatoms. The number of carbonyl (C=O) groups excluding carboxylic acids is 1. The number of ether oxygens (including phenoxy) is 1. The SMILES string of the molecule is NC(=O)NCC1(O)COC1. The van der Waals surface area contributed by atoms with Crippen molar-refractivity contribution in [3.05, 3.63) is 0 Å². The predicted molar refractivity (Wildman–Crippen MR) is 33.4 cm³/mol. The topological polar surface area (TPSA) is 84.6 Å². The number of nitrogens with one attached hydrogen (secondary N) is 1. The number of amides is 2. The number of urea groups is 1. The molecule has 1 saturated heterocycles. The Morgan fingerprint density at radius 3 is 2.70 bits per heavy atom. The van der Waals surface area contributed by atoms with Gasteiger partial charge in [-0.3, -0.25) is 0 Å². The van der Waals surface area contributed by atoms with E-state index in [4.69, 9.17) is 10.5 Å². The molecular formula is C5H10N2O3. The molecule has 10 heavy (non-hydrogen) atoms. The zero-order chi connectivity index (χ0) is 7.61. The van der Waals surface area contributed by atoms with Crippen molar-refractivity contribution in [2.24, 2.45) is 5.73 Å². The first-order valence-corrected chi connectivity index (χ1v) is 2.96. The van der Waals surface area contributed by atoms with Gasteiger partial charge in [-0.15, -0.1) is 0 Å². The Labute approximate surface area is 58.2 Å². The maximum absolute atomic E-state index is 10.1. The Kier molecular flexibility index (Phi) is 1.78. The molecular weight excluding hydrogens is 136 g/mol. The van der Waals surface area contributed by atoms with Gasteiger partial charge in [-0.25, -0.2) is 4.79 Å². The maximum atomic E-state index is 10.1. The van der Waals surface area contributed by atoms with Crippen LogP contribution in [-0.2, 0) is 4.74 Å². The van der Waals surface area contributed by atoms with Gasteiger partial charge in [-0.2, -0.15) is 0 Å². The van der Waals surface area contributed by atoms with Gasteiger partial charge >= 0.3 is 6.03 Å². The predicted octanol–water partition coefficient (Wildman–Crippen LogP) is -1.58. The number of aliphatic hydroxyl groups is 1. The largest absolute Gasteiger partial charge is 0.383 e. The van der Waals surface area contributed by atoms with Crippen LogP contribution in [0, 0.1) is 0 Å². The molecule has 1 fully saturated rings. The number of carbonyl (C=O) groups is 1. The van der Waals surface area contributed by atoms with Crippen molar-refractivity contribution >= 4 is 6.03 Å². The fourth-order valence-corrected chi connectivity index (χ4v) is 0.691. The quantitative estimate of drug-likeness (QED) is 0.439. The minimum Gasteiger partial charge on any atom is -0.383 e. The van der Waals surface area contributed by atoms with Crippen molar-refractivity contribution in [3.8, 4) is 0 Å². The number of hydrogen-bond acceptors (Lipinski definition) is 3. The summed E-state index contributed by atoms with van der Waals surface area (Å²) in [6, 6.07) is -0.625. The first-order chi connectivity index (χ1) is 4.62. The Balaban J connectivity index is 2.18. The molecule has 2 amide bonds. The van der Waals surface area contributed by atoms with E-state index in [0.29, 0.717) is 0 Å². The molecule has 0 unspecified atom stereocenters. The maximum Gasteiger partial charge on any atom is 0.312 e. The van der Waals surface area contributed by atoms with Crippen molar-refractivity contribution < 1.29 is 14.6 Å². The summed E-state index contributed by atoms with van der Waals surface area (Å²) in [6.45, 7) is 0.711. The highest BCUT2D eigenvalue weighted by Gasteiger charge is 2.35. The van der Waals surface area contributed by atoms with E-state index in [9.17, 15) is 9.90 Å². The lowest BCUT2D eigenvalue weighted by molar-refractivity contribution is -0.173. The van der Waals surface area contributed by atoms with Gasteiger partial charge in [-0.1, -0.05) is 0 Å². The summed E-state index contributed by atoms with van der Waals surface area (Å²) in [5.74, 6) is 0. The molecule has 0 atom stereocenters. The van der Waals surface area contributed by atoms with Crippen LogP contribution in [0.1, 0.15) is 0 Å². The van der Waals surface area contributed by atoms with Gasteiger partial charge in [0.25, 0.3) is 0 Å². The summed E-state index contributed by atoms with van der Waals surface area (Å²) >= 11 is 0. The molecule has 1 aliphatic rings. The molecule has 0 radical (unpaired) electrons. The Morgan fingerprint density at radius 2 is 2.40 bits per heavy atom. The van der Waals surface area contributed by atoms with Crippen molar-refractivity contribution in [1.29, 1.82) is 0 Å². The van der Waals surface area contributed by atoms with Crippen LogP contribution in [0.3, 0.4) is 0 Å². The third-order valence-electron chi connectivity index (χ3n) is 1.33. The highest BCUT2D eigenvalue weighted by Crippen LogP contribution is 2.14. The van der Waals surface area contributed by atoms with Crippen LogP contribution >= 0.6 is 0 Å². The van der Waals surface area contributed by atoms with E-state index in [1.807, 2.05) is 0 Å². The van der Waals surface area contributed by atoms with Crippen LogP contribution in [0.2, 0.25) is 0 Å². The molecule has 0 saturated carbocycles. The van der Waals surface area contributed by atoms with E-state index in [0.717, 1.165) is 0 Å². The normalized spacial score (nSPS) is 21.3. The smallest absolute Gasteiger partial charge is 0.312 e. The summed E-state index contributed by atoms with van der Waals surface area (Å²) in [7, 11) is 0. The summed E-state index contributed by atoms with van der Waals surface area (Å²) in [6.07, 6.45) is 0. The summed E-state index contributed by atoms with van der Waals surface area (Å²) in [4.78, 5) is 10.1. The van der Waals surface area contributed by atoms with E-state index < -0.39 is 11.6 Å². The van der Waals surface area contributed by atoms with Crippen LogP contribution in [0.5, 0.6) is 0 Å². The van der Waals surface area contributed by atoms with Crippen molar-refractivity contribution in [1.82, 2.24) is 5.32 Å². The lowest BCUT2D eigenvalue weighted by Gasteiger charge is -2.35. The minimum atomic E-state index is -0.880. The molecule has 0 bridgehead atoms. The molecule has 1 aliphatic heterocycles. The number of primary amides is 1. The summed E-state index contributed by atoms with van der Waals surface area (Å²) < 4.78 is 4.73. The van der Waals surface area contributed by atoms with E-state index >= 15 is 0 Å². The first-order valence-electron chi connectivity index (χ1n) is 2.96. The molecule has 0 aromatic carbocycles. The van der Waals surface area contributed by atoms with E-state index in [1.54, 1.807) is 0 Å². The van der Waals surface area contributed by atoms with Crippen molar-refractivity contribution in [2.75, 3.05) is 19.8 Å². The van der Waals surface area contributed by atoms with Crippen LogP contribution in [0.25, 0.3) is 0 Å². The molecule has 0 spiro atoms. The molecule has 1 rings (SSSR count). The van der Waals surface area contributed by atoms with Gasteiger partial charge in [0.15, 0.2) is 0 Å². The molecule has 0 aliphatic carbocycles. The first kappa shape index (κ1) is 7.30. The standard InChI is InChI=1S/C5H10N2O3/c6-4(8)7-1-5(9)2-10-3-5/h9H,1-3H2,(H3,6,7,8). The number of hydrogen-bond donors (Lipinski definition) is 3. The molecule has 4 N–H and O–H groups in total. The van der Waals surface area contributed by atoms with Crippen LogP contribution in [0.15, 0.2) is 0 Å². The Morgan fingerprint density at radius 1 is 1.80 bits per heavy atom. The van der Waals surface area contributed by atoms with Gasteiger partial charge in [0, 0.05) is 0 Å². The van der Waals surface area contributed by atoms with E-state index in [1.165, 1.54) is 0 Å². The molecule has 0 aromatic rings.